The summed E-state index contributed by atoms with van der Waals surface area (Å²) in [6, 6.07) is 0. The summed E-state index contributed by atoms with van der Waals surface area (Å²) in [6.45, 7) is 0. The Bertz CT molecular complexity index is 447. The molecule has 130 valence electrons. The maximum absolute atomic E-state index is 13.0. The zero-order valence-electron chi connectivity index (χ0n) is 8.61. The van der Waals surface area contributed by atoms with E-state index in [1.54, 1.807) is 0 Å². The Hall–Kier alpha value is -0.501. The topological polar surface area (TPSA) is 9.23 Å². The third kappa shape index (κ3) is 2.17. The number of hydrogen-bond acceptors (Lipinski definition) is 1. The molecule has 0 aromatic carbocycles. The van der Waals surface area contributed by atoms with E-state index in [9.17, 15) is 57.3 Å². The molecule has 0 radical (unpaired) electrons. The van der Waals surface area contributed by atoms with Gasteiger partial charge >= 0.3 is 104 Å². The zero-order chi connectivity index (χ0) is 17.6. The number of rotatable bonds is 2. The predicted octanol–water partition coefficient (Wildman–Crippen LogP) is 4.41. The molecule has 0 spiro atoms. The minimum atomic E-state index is -12.6. The van der Waals surface area contributed by atoms with Crippen LogP contribution in [0.3, 0.4) is 0 Å². The number of alkyl halides is 9. The fraction of sp³-hybridized carbons (Fsp3) is 1.00. The van der Waals surface area contributed by atoms with E-state index in [1.165, 1.54) is 0 Å². The van der Waals surface area contributed by atoms with E-state index in [0.717, 1.165) is 3.82 Å². The molecule has 16 heteroatoms. The van der Waals surface area contributed by atoms with Crippen LogP contribution in [0.4, 0.5) is 57.3 Å². The van der Waals surface area contributed by atoms with Crippen LogP contribution in [0.1, 0.15) is 0 Å². The first-order valence-electron chi connectivity index (χ1n) is 4.09. The van der Waals surface area contributed by atoms with Gasteiger partial charge in [0, 0.05) is 0 Å². The first-order valence-corrected chi connectivity index (χ1v) is 8.03. The quantitative estimate of drug-likeness (QED) is 0.475. The average Bonchev–Trinajstić information content (AvgIpc) is 2.13. The Morgan fingerprint density at radius 3 is 0.905 bits per heavy atom. The van der Waals surface area contributed by atoms with Crippen LogP contribution in [-0.2, 0) is 3.82 Å². The molecule has 0 saturated heterocycles. The van der Waals surface area contributed by atoms with E-state index < -0.39 is 42.9 Å². The van der Waals surface area contributed by atoms with Gasteiger partial charge in [0.2, 0.25) is 0 Å². The minimum absolute atomic E-state index is 0.770. The molecule has 21 heavy (non-hydrogen) atoms. The second-order valence-corrected chi connectivity index (χ2v) is 7.99. The summed E-state index contributed by atoms with van der Waals surface area (Å²) in [5, 5.41) is 0. The SMILES string of the molecule is FC1(F)C(F)(F)C(F)(F)C(F)(O[Se](F)(F)(F)(F)F)C1(F)F. The van der Waals surface area contributed by atoms with Crippen LogP contribution in [0.2, 0.25) is 0 Å². The zero-order valence-corrected chi connectivity index (χ0v) is 10.3. The van der Waals surface area contributed by atoms with Crippen molar-refractivity contribution in [3.63, 3.8) is 0 Å². The molecule has 0 amide bonds. The molecule has 0 unspecified atom stereocenters. The average molecular weight is 421 g/mol. The van der Waals surface area contributed by atoms with Crippen LogP contribution in [0.15, 0.2) is 0 Å². The third-order valence-electron chi connectivity index (χ3n) is 2.26. The molecule has 0 bridgehead atoms. The van der Waals surface area contributed by atoms with Crippen LogP contribution >= 0.6 is 0 Å². The molecule has 0 aliphatic heterocycles. The molecule has 0 atom stereocenters. The molecular weight excluding hydrogens is 421 g/mol. The maximum atomic E-state index is 13.0. The van der Waals surface area contributed by atoms with Crippen molar-refractivity contribution in [3.05, 3.63) is 0 Å². The fourth-order valence-electron chi connectivity index (χ4n) is 1.32. The van der Waals surface area contributed by atoms with Crippen LogP contribution in [0.25, 0.3) is 0 Å². The molecule has 1 aliphatic rings. The normalized spacial score (nSPS) is 32.3. The molecular formula is C5F14OSe. The van der Waals surface area contributed by atoms with Gasteiger partial charge in [-0.1, -0.05) is 0 Å². The second kappa shape index (κ2) is 3.22. The molecule has 1 nitrogen and oxygen atoms in total. The predicted molar refractivity (Wildman–Crippen MR) is 36.0 cm³/mol. The van der Waals surface area contributed by atoms with Gasteiger partial charge in [0.25, 0.3) is 0 Å². The van der Waals surface area contributed by atoms with Crippen LogP contribution in [0, 0.1) is 0 Å². The van der Waals surface area contributed by atoms with Crippen molar-refractivity contribution in [1.82, 2.24) is 0 Å². The van der Waals surface area contributed by atoms with Gasteiger partial charge in [-0.2, -0.15) is 0 Å². The summed E-state index contributed by atoms with van der Waals surface area (Å²) in [6.07, 6.45) is 0. The fourth-order valence-corrected chi connectivity index (χ4v) is 2.67. The summed E-state index contributed by atoms with van der Waals surface area (Å²) in [5.41, 5.74) is 0. The monoisotopic (exact) mass is 422 g/mol. The Morgan fingerprint density at radius 1 is 0.476 bits per heavy atom. The summed E-state index contributed by atoms with van der Waals surface area (Å²) in [7, 11) is 0. The summed E-state index contributed by atoms with van der Waals surface area (Å²) >= 11 is -12.6. The van der Waals surface area contributed by atoms with Gasteiger partial charge in [-0.3, -0.25) is 0 Å². The van der Waals surface area contributed by atoms with Crippen molar-refractivity contribution < 1.29 is 61.1 Å². The van der Waals surface area contributed by atoms with E-state index in [0.29, 0.717) is 0 Å². The molecule has 0 aromatic rings. The van der Waals surface area contributed by atoms with Crippen LogP contribution in [0.5, 0.6) is 0 Å². The summed E-state index contributed by atoms with van der Waals surface area (Å²) < 4.78 is 173. The molecule has 1 aliphatic carbocycles. The Morgan fingerprint density at radius 2 is 0.714 bits per heavy atom. The van der Waals surface area contributed by atoms with Gasteiger partial charge in [-0.25, -0.2) is 0 Å². The number of halogens is 14. The third-order valence-corrected chi connectivity index (χ3v) is 3.41. The van der Waals surface area contributed by atoms with Gasteiger partial charge in [0.15, 0.2) is 0 Å². The molecule has 1 saturated carbocycles. The van der Waals surface area contributed by atoms with Crippen molar-refractivity contribution >= 4 is 13.3 Å². The van der Waals surface area contributed by atoms with Crippen LogP contribution < -0.4 is 0 Å². The molecule has 1 rings (SSSR count). The van der Waals surface area contributed by atoms with Crippen molar-refractivity contribution in [1.29, 1.82) is 0 Å². The van der Waals surface area contributed by atoms with E-state index in [1.807, 2.05) is 0 Å². The first kappa shape index (κ1) is 18.5. The van der Waals surface area contributed by atoms with Gasteiger partial charge in [0.05, 0.1) is 0 Å². The molecule has 0 N–H and O–H groups in total. The first-order chi connectivity index (χ1) is 8.43. The molecule has 0 aromatic heterocycles. The van der Waals surface area contributed by atoms with E-state index in [-0.39, 0.29) is 0 Å². The van der Waals surface area contributed by atoms with Crippen molar-refractivity contribution in [2.24, 2.45) is 0 Å². The van der Waals surface area contributed by atoms with Gasteiger partial charge in [-0.05, 0) is 0 Å². The number of hydrogen-bond donors (Lipinski definition) is 0. The van der Waals surface area contributed by atoms with Crippen molar-refractivity contribution in [2.45, 2.75) is 29.5 Å². The Kier molecular flexibility index (Phi) is 2.85. The van der Waals surface area contributed by atoms with Gasteiger partial charge in [-0.15, -0.1) is 0 Å². The standard InChI is InChI=1S/C5F14OSe/c6-1(7)2(8,9)4(12,13)5(14,3(1,10)11)20-21(15,16,17,18)19. The second-order valence-electron chi connectivity index (χ2n) is 3.87. The van der Waals surface area contributed by atoms with E-state index >= 15 is 0 Å². The van der Waals surface area contributed by atoms with E-state index in [2.05, 4.69) is 0 Å². The van der Waals surface area contributed by atoms with Crippen molar-refractivity contribution in [3.8, 4) is 0 Å². The van der Waals surface area contributed by atoms with Gasteiger partial charge in [0.1, 0.15) is 0 Å². The summed E-state index contributed by atoms with van der Waals surface area (Å²) in [5.74, 6) is -37.8. The van der Waals surface area contributed by atoms with Gasteiger partial charge < -0.3 is 0 Å². The molecule has 1 fully saturated rings. The van der Waals surface area contributed by atoms with Crippen LogP contribution in [-0.4, -0.2) is 42.9 Å². The molecule has 0 heterocycles. The summed E-state index contributed by atoms with van der Waals surface area (Å²) in [4.78, 5) is 0. The Balaban J connectivity index is 3.70. The Labute approximate surface area is 105 Å². The van der Waals surface area contributed by atoms with E-state index in [4.69, 9.17) is 0 Å². The van der Waals surface area contributed by atoms with Crippen molar-refractivity contribution in [2.75, 3.05) is 0 Å².